The average molecular weight is 361 g/mol. The van der Waals surface area contributed by atoms with Gasteiger partial charge in [0, 0.05) is 31.9 Å². The lowest BCUT2D eigenvalue weighted by molar-refractivity contribution is 0.0743. The van der Waals surface area contributed by atoms with Crippen molar-refractivity contribution in [2.75, 3.05) is 31.1 Å². The number of hydrogen-bond acceptors (Lipinski definition) is 4. The molecule has 3 heterocycles. The van der Waals surface area contributed by atoms with Gasteiger partial charge >= 0.3 is 0 Å². The minimum Gasteiger partial charge on any atom is -0.357 e. The predicted octanol–water partition coefficient (Wildman–Crippen LogP) is 2.33. The van der Waals surface area contributed by atoms with E-state index in [4.69, 9.17) is 5.73 Å². The summed E-state index contributed by atoms with van der Waals surface area (Å²) in [5, 5.41) is 0. The van der Waals surface area contributed by atoms with Crippen molar-refractivity contribution in [2.24, 2.45) is 11.7 Å². The van der Waals surface area contributed by atoms with Crippen LogP contribution in [0.4, 0.5) is 5.82 Å². The fourth-order valence-electron chi connectivity index (χ4n) is 3.41. The fourth-order valence-corrected chi connectivity index (χ4v) is 3.41. The monoisotopic (exact) mass is 360 g/mol. The van der Waals surface area contributed by atoms with Crippen molar-refractivity contribution >= 4 is 36.5 Å². The maximum absolute atomic E-state index is 12.6. The fraction of sp³-hybridized carbons (Fsp3) is 0.625. The Balaban J connectivity index is 0.00000132. The van der Waals surface area contributed by atoms with Gasteiger partial charge in [-0.3, -0.25) is 4.79 Å². The number of nitrogens with two attached hydrogens (primary N) is 1. The van der Waals surface area contributed by atoms with Crippen LogP contribution in [-0.2, 0) is 0 Å². The van der Waals surface area contributed by atoms with Gasteiger partial charge in [0.15, 0.2) is 0 Å². The van der Waals surface area contributed by atoms with Crippen LogP contribution >= 0.6 is 24.8 Å². The molecule has 1 aromatic rings. The molecule has 2 aliphatic heterocycles. The average Bonchev–Trinajstić information content (AvgIpc) is 3.16. The molecule has 2 atom stereocenters. The molecule has 1 amide bonds. The highest BCUT2D eigenvalue weighted by atomic mass is 35.5. The number of rotatable bonds is 3. The molecule has 130 valence electrons. The van der Waals surface area contributed by atoms with Crippen LogP contribution < -0.4 is 10.6 Å². The molecule has 0 bridgehead atoms. The van der Waals surface area contributed by atoms with Crippen LogP contribution in [0.1, 0.15) is 36.5 Å². The van der Waals surface area contributed by atoms with Gasteiger partial charge in [0.1, 0.15) is 5.82 Å². The summed E-state index contributed by atoms with van der Waals surface area (Å²) < 4.78 is 0. The van der Waals surface area contributed by atoms with Gasteiger partial charge in [0.25, 0.3) is 5.91 Å². The van der Waals surface area contributed by atoms with Crippen LogP contribution in [0.25, 0.3) is 0 Å². The Morgan fingerprint density at radius 1 is 1.30 bits per heavy atom. The third-order valence-corrected chi connectivity index (χ3v) is 4.68. The molecule has 2 saturated heterocycles. The van der Waals surface area contributed by atoms with Crippen LogP contribution in [0.15, 0.2) is 18.3 Å². The number of amides is 1. The lowest BCUT2D eigenvalue weighted by atomic mass is 10.1. The molecule has 0 saturated carbocycles. The first-order valence-corrected chi connectivity index (χ1v) is 7.91. The molecule has 0 aromatic carbocycles. The van der Waals surface area contributed by atoms with Gasteiger partial charge in [-0.05, 0) is 50.8 Å². The van der Waals surface area contributed by atoms with Crippen LogP contribution in [0.5, 0.6) is 0 Å². The standard InChI is InChI=1S/C16H24N4O.2ClH/c1-12-8-13(9-17)11-20(12)16(21)14-4-5-15(18-10-14)19-6-2-3-7-19;;/h4-5,10,12-13H,2-3,6-9,11,17H2,1H3;2*1H. The van der Waals surface area contributed by atoms with E-state index in [2.05, 4.69) is 16.8 Å². The minimum absolute atomic E-state index is 0. The second-order valence-electron chi connectivity index (χ2n) is 6.24. The summed E-state index contributed by atoms with van der Waals surface area (Å²) in [6, 6.07) is 4.15. The lowest BCUT2D eigenvalue weighted by Gasteiger charge is -2.22. The number of aromatic nitrogens is 1. The largest absolute Gasteiger partial charge is 0.357 e. The molecule has 2 fully saturated rings. The maximum atomic E-state index is 12.6. The Kier molecular flexibility index (Phi) is 7.58. The summed E-state index contributed by atoms with van der Waals surface area (Å²) in [6.45, 7) is 5.66. The molecule has 2 aliphatic rings. The van der Waals surface area contributed by atoms with Gasteiger partial charge in [-0.25, -0.2) is 4.98 Å². The van der Waals surface area contributed by atoms with Crippen LogP contribution in [0.2, 0.25) is 0 Å². The van der Waals surface area contributed by atoms with Crippen molar-refractivity contribution < 1.29 is 4.79 Å². The Bertz CT molecular complexity index is 505. The van der Waals surface area contributed by atoms with Gasteiger partial charge in [-0.15, -0.1) is 24.8 Å². The van der Waals surface area contributed by atoms with E-state index in [1.165, 1.54) is 12.8 Å². The van der Waals surface area contributed by atoms with E-state index in [-0.39, 0.29) is 36.8 Å². The maximum Gasteiger partial charge on any atom is 0.255 e. The number of nitrogens with zero attached hydrogens (tertiary/aromatic N) is 3. The van der Waals surface area contributed by atoms with E-state index in [0.29, 0.717) is 18.0 Å². The molecule has 2 N–H and O–H groups in total. The summed E-state index contributed by atoms with van der Waals surface area (Å²) in [5.41, 5.74) is 6.41. The van der Waals surface area contributed by atoms with E-state index < -0.39 is 0 Å². The first-order valence-electron chi connectivity index (χ1n) is 7.91. The van der Waals surface area contributed by atoms with E-state index in [1.54, 1.807) is 6.20 Å². The molecular weight excluding hydrogens is 335 g/mol. The Morgan fingerprint density at radius 3 is 2.52 bits per heavy atom. The summed E-state index contributed by atoms with van der Waals surface area (Å²) in [4.78, 5) is 21.3. The third-order valence-electron chi connectivity index (χ3n) is 4.68. The lowest BCUT2D eigenvalue weighted by Crippen LogP contribution is -2.34. The summed E-state index contributed by atoms with van der Waals surface area (Å²) in [6.07, 6.45) is 5.18. The second kappa shape index (κ2) is 8.71. The number of likely N-dealkylation sites (tertiary alicyclic amines) is 1. The van der Waals surface area contributed by atoms with Crippen molar-refractivity contribution in [1.29, 1.82) is 0 Å². The van der Waals surface area contributed by atoms with Crippen molar-refractivity contribution in [2.45, 2.75) is 32.2 Å². The summed E-state index contributed by atoms with van der Waals surface area (Å²) in [5.74, 6) is 1.50. The van der Waals surface area contributed by atoms with Crippen LogP contribution in [0, 0.1) is 5.92 Å². The van der Waals surface area contributed by atoms with Crippen molar-refractivity contribution in [3.63, 3.8) is 0 Å². The number of hydrogen-bond donors (Lipinski definition) is 1. The number of pyridine rings is 1. The third kappa shape index (κ3) is 4.28. The van der Waals surface area contributed by atoms with E-state index in [0.717, 1.165) is 31.9 Å². The van der Waals surface area contributed by atoms with Gasteiger partial charge in [-0.2, -0.15) is 0 Å². The highest BCUT2D eigenvalue weighted by Crippen LogP contribution is 2.24. The smallest absolute Gasteiger partial charge is 0.255 e. The highest BCUT2D eigenvalue weighted by molar-refractivity contribution is 5.94. The molecule has 0 radical (unpaired) electrons. The van der Waals surface area contributed by atoms with Crippen molar-refractivity contribution in [3.05, 3.63) is 23.9 Å². The van der Waals surface area contributed by atoms with Gasteiger partial charge in [0.05, 0.1) is 5.56 Å². The molecule has 1 aromatic heterocycles. The van der Waals surface area contributed by atoms with Crippen molar-refractivity contribution in [3.8, 4) is 0 Å². The van der Waals surface area contributed by atoms with Gasteiger partial charge in [-0.1, -0.05) is 0 Å². The number of carbonyl (C=O) groups is 1. The zero-order valence-electron chi connectivity index (χ0n) is 13.5. The quantitative estimate of drug-likeness (QED) is 0.898. The summed E-state index contributed by atoms with van der Waals surface area (Å²) >= 11 is 0. The van der Waals surface area contributed by atoms with E-state index >= 15 is 0 Å². The molecule has 0 aliphatic carbocycles. The molecular formula is C16H26Cl2N4O. The molecule has 2 unspecified atom stereocenters. The van der Waals surface area contributed by atoms with Crippen LogP contribution in [0.3, 0.4) is 0 Å². The molecule has 23 heavy (non-hydrogen) atoms. The normalized spacial score (nSPS) is 23.4. The Morgan fingerprint density at radius 2 is 2.00 bits per heavy atom. The molecule has 7 heteroatoms. The first-order chi connectivity index (χ1) is 10.2. The number of anilines is 1. The molecule has 0 spiro atoms. The number of carbonyl (C=O) groups excluding carboxylic acids is 1. The van der Waals surface area contributed by atoms with Gasteiger partial charge in [0.2, 0.25) is 0 Å². The first kappa shape index (κ1) is 20.0. The SMILES string of the molecule is CC1CC(CN)CN1C(=O)c1ccc(N2CCCC2)nc1.Cl.Cl. The number of halogens is 2. The van der Waals surface area contributed by atoms with E-state index in [9.17, 15) is 4.79 Å². The molecule has 3 rings (SSSR count). The zero-order valence-corrected chi connectivity index (χ0v) is 15.1. The van der Waals surface area contributed by atoms with Crippen LogP contribution in [-0.4, -0.2) is 48.0 Å². The highest BCUT2D eigenvalue weighted by Gasteiger charge is 2.32. The van der Waals surface area contributed by atoms with E-state index in [1.807, 2.05) is 17.0 Å². The Labute approximate surface area is 150 Å². The van der Waals surface area contributed by atoms with Gasteiger partial charge < -0.3 is 15.5 Å². The topological polar surface area (TPSA) is 62.5 Å². The zero-order chi connectivity index (χ0) is 14.8. The predicted molar refractivity (Wildman–Crippen MR) is 97.8 cm³/mol. The summed E-state index contributed by atoms with van der Waals surface area (Å²) in [7, 11) is 0. The Hall–Kier alpha value is -1.04. The molecule has 5 nitrogen and oxygen atoms in total. The van der Waals surface area contributed by atoms with Crippen molar-refractivity contribution in [1.82, 2.24) is 9.88 Å². The minimum atomic E-state index is 0. The second-order valence-corrected chi connectivity index (χ2v) is 6.24.